The van der Waals surface area contributed by atoms with E-state index in [1.54, 1.807) is 12.1 Å². The van der Waals surface area contributed by atoms with Crippen molar-refractivity contribution in [2.45, 2.75) is 37.5 Å². The lowest BCUT2D eigenvalue weighted by Crippen LogP contribution is -2.35. The summed E-state index contributed by atoms with van der Waals surface area (Å²) in [6.45, 7) is 3.16. The highest BCUT2D eigenvalue weighted by molar-refractivity contribution is 7.89. The van der Waals surface area contributed by atoms with E-state index in [0.29, 0.717) is 36.8 Å². The Balaban J connectivity index is 1.55. The highest BCUT2D eigenvalue weighted by Crippen LogP contribution is 2.31. The van der Waals surface area contributed by atoms with Crippen molar-refractivity contribution in [3.63, 3.8) is 0 Å². The minimum atomic E-state index is -3.70. The Morgan fingerprint density at radius 3 is 2.80 bits per heavy atom. The van der Waals surface area contributed by atoms with E-state index in [1.165, 1.54) is 21.7 Å². The molecule has 0 radical (unpaired) electrons. The summed E-state index contributed by atoms with van der Waals surface area (Å²) in [5.74, 6) is 0.0432. The lowest BCUT2D eigenvalue weighted by molar-refractivity contribution is -0.115. The first-order valence-corrected chi connectivity index (χ1v) is 12.3. The molecule has 1 amide bonds. The van der Waals surface area contributed by atoms with Gasteiger partial charge in [0.1, 0.15) is 10.6 Å². The van der Waals surface area contributed by atoms with Crippen LogP contribution in [0.3, 0.4) is 0 Å². The Hall–Kier alpha value is -2.43. The molecular weight excluding hydrogens is 424 g/mol. The minimum Gasteiger partial charge on any atom is -0.492 e. The highest BCUT2D eigenvalue weighted by Gasteiger charge is 2.29. The van der Waals surface area contributed by atoms with Gasteiger partial charge in [-0.15, -0.1) is 11.3 Å². The number of hydrogen-bond acceptors (Lipinski definition) is 6. The van der Waals surface area contributed by atoms with Crippen LogP contribution in [0.5, 0.6) is 5.75 Å². The third-order valence-corrected chi connectivity index (χ3v) is 7.64. The van der Waals surface area contributed by atoms with Gasteiger partial charge in [0.05, 0.1) is 18.7 Å². The standard InChI is InChI=1S/C20H24N4O4S2/c1-2-28-17-7-6-15(12-18(17)30(26,27)24-8-4-3-5-9-24)21-19(25)13-16-14-23-10-11-29-20(23)22-16/h6-7,10-12,14H,2-5,8-9,13H2,1H3,(H,21,25). The molecule has 1 aliphatic rings. The van der Waals surface area contributed by atoms with Gasteiger partial charge in [0, 0.05) is 36.6 Å². The number of amides is 1. The molecule has 0 spiro atoms. The molecule has 8 nitrogen and oxygen atoms in total. The maximum absolute atomic E-state index is 13.2. The van der Waals surface area contributed by atoms with Crippen LogP contribution in [-0.2, 0) is 21.2 Å². The number of rotatable bonds is 7. The maximum Gasteiger partial charge on any atom is 0.246 e. The first kappa shape index (κ1) is 20.8. The molecule has 2 aromatic heterocycles. The number of nitrogens with one attached hydrogen (secondary N) is 1. The van der Waals surface area contributed by atoms with Crippen LogP contribution in [-0.4, -0.2) is 47.7 Å². The van der Waals surface area contributed by atoms with E-state index in [4.69, 9.17) is 4.74 Å². The molecule has 0 bridgehead atoms. The van der Waals surface area contributed by atoms with Gasteiger partial charge in [-0.3, -0.25) is 9.20 Å². The van der Waals surface area contributed by atoms with Crippen molar-refractivity contribution in [2.75, 3.05) is 25.0 Å². The van der Waals surface area contributed by atoms with Gasteiger partial charge in [0.15, 0.2) is 4.96 Å². The molecule has 160 valence electrons. The number of carbonyl (C=O) groups excluding carboxylic acids is 1. The lowest BCUT2D eigenvalue weighted by Gasteiger charge is -2.27. The molecule has 0 atom stereocenters. The van der Waals surface area contributed by atoms with Crippen LogP contribution < -0.4 is 10.1 Å². The summed E-state index contributed by atoms with van der Waals surface area (Å²) in [6, 6.07) is 4.74. The van der Waals surface area contributed by atoms with Gasteiger partial charge in [0.2, 0.25) is 15.9 Å². The quantitative estimate of drug-likeness (QED) is 0.599. The second-order valence-electron chi connectivity index (χ2n) is 7.11. The second-order valence-corrected chi connectivity index (χ2v) is 9.89. The van der Waals surface area contributed by atoms with E-state index >= 15 is 0 Å². The molecule has 10 heteroatoms. The van der Waals surface area contributed by atoms with Crippen molar-refractivity contribution < 1.29 is 17.9 Å². The molecule has 4 rings (SSSR count). The van der Waals surface area contributed by atoms with Crippen molar-refractivity contribution in [1.82, 2.24) is 13.7 Å². The fourth-order valence-electron chi connectivity index (χ4n) is 3.54. The largest absolute Gasteiger partial charge is 0.492 e. The Labute approximate surface area is 179 Å². The van der Waals surface area contributed by atoms with Crippen molar-refractivity contribution in [3.8, 4) is 5.75 Å². The number of ether oxygens (including phenoxy) is 1. The van der Waals surface area contributed by atoms with E-state index in [9.17, 15) is 13.2 Å². The van der Waals surface area contributed by atoms with Crippen molar-refractivity contribution in [3.05, 3.63) is 41.7 Å². The molecule has 3 heterocycles. The Morgan fingerprint density at radius 1 is 1.27 bits per heavy atom. The number of imidazole rings is 1. The average molecular weight is 449 g/mol. The molecule has 0 unspecified atom stereocenters. The molecule has 0 saturated carbocycles. The highest BCUT2D eigenvalue weighted by atomic mass is 32.2. The van der Waals surface area contributed by atoms with Gasteiger partial charge in [-0.25, -0.2) is 13.4 Å². The summed E-state index contributed by atoms with van der Waals surface area (Å²) >= 11 is 1.50. The van der Waals surface area contributed by atoms with Crippen LogP contribution in [0, 0.1) is 0 Å². The average Bonchev–Trinajstić information content (AvgIpc) is 3.31. The fourth-order valence-corrected chi connectivity index (χ4v) is 5.93. The van der Waals surface area contributed by atoms with Gasteiger partial charge < -0.3 is 10.1 Å². The summed E-state index contributed by atoms with van der Waals surface area (Å²) < 4.78 is 35.3. The lowest BCUT2D eigenvalue weighted by atomic mass is 10.2. The fraction of sp³-hybridized carbons (Fsp3) is 0.400. The van der Waals surface area contributed by atoms with Crippen molar-refractivity contribution in [2.24, 2.45) is 0 Å². The van der Waals surface area contributed by atoms with Gasteiger partial charge in [-0.1, -0.05) is 6.42 Å². The van der Waals surface area contributed by atoms with Gasteiger partial charge >= 0.3 is 0 Å². The molecule has 3 aromatic rings. The predicted octanol–water partition coefficient (Wildman–Crippen LogP) is 3.15. The minimum absolute atomic E-state index is 0.0894. The van der Waals surface area contributed by atoms with E-state index in [1.807, 2.05) is 29.1 Å². The molecule has 1 aromatic carbocycles. The first-order valence-electron chi connectivity index (χ1n) is 9.95. The number of hydrogen-bond donors (Lipinski definition) is 1. The van der Waals surface area contributed by atoms with E-state index in [-0.39, 0.29) is 17.2 Å². The van der Waals surface area contributed by atoms with E-state index in [0.717, 1.165) is 24.2 Å². The number of nitrogens with zero attached hydrogens (tertiary/aromatic N) is 3. The normalized spacial score (nSPS) is 15.4. The number of sulfonamides is 1. The second kappa shape index (κ2) is 8.75. The van der Waals surface area contributed by atoms with Crippen molar-refractivity contribution >= 4 is 37.9 Å². The smallest absolute Gasteiger partial charge is 0.246 e. The van der Waals surface area contributed by atoms with Crippen LogP contribution in [0.2, 0.25) is 0 Å². The predicted molar refractivity (Wildman–Crippen MR) is 116 cm³/mol. The zero-order chi connectivity index (χ0) is 21.1. The summed E-state index contributed by atoms with van der Waals surface area (Å²) in [6.07, 6.45) is 6.54. The van der Waals surface area contributed by atoms with Gasteiger partial charge in [-0.2, -0.15) is 4.31 Å². The third kappa shape index (κ3) is 4.35. The Kier molecular flexibility index (Phi) is 6.07. The number of fused-ring (bicyclic) bond motifs is 1. The van der Waals surface area contributed by atoms with E-state index < -0.39 is 10.0 Å². The number of aromatic nitrogens is 2. The third-order valence-electron chi connectivity index (χ3n) is 4.94. The van der Waals surface area contributed by atoms with Crippen LogP contribution in [0.1, 0.15) is 31.9 Å². The molecule has 0 aliphatic carbocycles. The summed E-state index contributed by atoms with van der Waals surface area (Å²) in [4.78, 5) is 17.8. The zero-order valence-corrected chi connectivity index (χ0v) is 18.3. The topological polar surface area (TPSA) is 93.0 Å². The SMILES string of the molecule is CCOc1ccc(NC(=O)Cc2cn3ccsc3n2)cc1S(=O)(=O)N1CCCCC1. The summed E-state index contributed by atoms with van der Waals surface area (Å²) in [7, 11) is -3.70. The van der Waals surface area contributed by atoms with Crippen LogP contribution in [0.25, 0.3) is 4.96 Å². The van der Waals surface area contributed by atoms with Crippen LogP contribution in [0.15, 0.2) is 40.9 Å². The summed E-state index contributed by atoms with van der Waals surface area (Å²) in [5, 5.41) is 4.72. The van der Waals surface area contributed by atoms with Gasteiger partial charge in [0.25, 0.3) is 0 Å². The number of anilines is 1. The number of piperidine rings is 1. The molecule has 1 aliphatic heterocycles. The maximum atomic E-state index is 13.2. The molecule has 1 fully saturated rings. The van der Waals surface area contributed by atoms with E-state index in [2.05, 4.69) is 10.3 Å². The first-order chi connectivity index (χ1) is 14.5. The van der Waals surface area contributed by atoms with Gasteiger partial charge in [-0.05, 0) is 38.0 Å². The van der Waals surface area contributed by atoms with Crippen LogP contribution >= 0.6 is 11.3 Å². The Bertz CT molecular complexity index is 1120. The molecule has 30 heavy (non-hydrogen) atoms. The monoisotopic (exact) mass is 448 g/mol. The van der Waals surface area contributed by atoms with Crippen LogP contribution in [0.4, 0.5) is 5.69 Å². The molecular formula is C20H24N4O4S2. The molecule has 1 saturated heterocycles. The Morgan fingerprint density at radius 2 is 2.07 bits per heavy atom. The van der Waals surface area contributed by atoms with Crippen molar-refractivity contribution in [1.29, 1.82) is 0 Å². The number of benzene rings is 1. The zero-order valence-electron chi connectivity index (χ0n) is 16.7. The number of thiazole rings is 1. The molecule has 1 N–H and O–H groups in total. The summed E-state index contributed by atoms with van der Waals surface area (Å²) in [5.41, 5.74) is 1.08. The number of carbonyl (C=O) groups is 1.